The van der Waals surface area contributed by atoms with E-state index in [1.54, 1.807) is 0 Å². The lowest BCUT2D eigenvalue weighted by molar-refractivity contribution is 0.0403. The van der Waals surface area contributed by atoms with Crippen LogP contribution in [0, 0.1) is 11.3 Å². The summed E-state index contributed by atoms with van der Waals surface area (Å²) in [7, 11) is 0. The molecule has 2 atom stereocenters. The SMILES string of the molecule is ClCC1(Cc2c(Cl)cccc2Cl)CCOC1C1CC1. The first-order chi connectivity index (χ1) is 9.16. The minimum Gasteiger partial charge on any atom is -0.377 e. The lowest BCUT2D eigenvalue weighted by Crippen LogP contribution is -2.36. The van der Waals surface area contributed by atoms with E-state index < -0.39 is 0 Å². The van der Waals surface area contributed by atoms with Gasteiger partial charge in [-0.15, -0.1) is 11.6 Å². The van der Waals surface area contributed by atoms with Crippen LogP contribution in [-0.4, -0.2) is 18.6 Å². The third-order valence-corrected chi connectivity index (χ3v) is 5.65. The highest BCUT2D eigenvalue weighted by molar-refractivity contribution is 6.36. The minimum atomic E-state index is -0.00262. The zero-order chi connectivity index (χ0) is 13.5. The van der Waals surface area contributed by atoms with Crippen LogP contribution >= 0.6 is 34.8 Å². The lowest BCUT2D eigenvalue weighted by atomic mass is 9.75. The summed E-state index contributed by atoms with van der Waals surface area (Å²) < 4.78 is 5.97. The molecule has 0 radical (unpaired) electrons. The zero-order valence-electron chi connectivity index (χ0n) is 10.7. The number of benzene rings is 1. The Morgan fingerprint density at radius 1 is 1.21 bits per heavy atom. The Labute approximate surface area is 129 Å². The fourth-order valence-electron chi connectivity index (χ4n) is 3.18. The summed E-state index contributed by atoms with van der Waals surface area (Å²) in [6.45, 7) is 0.802. The average Bonchev–Trinajstić information content (AvgIpc) is 3.15. The summed E-state index contributed by atoms with van der Waals surface area (Å²) in [5.41, 5.74) is 1.01. The molecule has 2 unspecified atom stereocenters. The fourth-order valence-corrected chi connectivity index (χ4v) is 4.09. The van der Waals surface area contributed by atoms with Crippen LogP contribution in [-0.2, 0) is 11.2 Å². The first kappa shape index (κ1) is 14.0. The van der Waals surface area contributed by atoms with E-state index >= 15 is 0 Å². The average molecular weight is 320 g/mol. The molecule has 104 valence electrons. The van der Waals surface area contributed by atoms with Crippen molar-refractivity contribution in [2.24, 2.45) is 11.3 Å². The summed E-state index contributed by atoms with van der Waals surface area (Å²) in [4.78, 5) is 0. The number of ether oxygens (including phenoxy) is 1. The second kappa shape index (κ2) is 5.44. The van der Waals surface area contributed by atoms with E-state index in [-0.39, 0.29) is 11.5 Å². The molecule has 1 saturated carbocycles. The Kier molecular flexibility index (Phi) is 4.01. The number of alkyl halides is 1. The topological polar surface area (TPSA) is 9.23 Å². The van der Waals surface area contributed by atoms with Crippen molar-refractivity contribution in [2.45, 2.75) is 31.8 Å². The van der Waals surface area contributed by atoms with Crippen LogP contribution in [0.15, 0.2) is 18.2 Å². The van der Waals surface area contributed by atoms with Gasteiger partial charge in [-0.2, -0.15) is 0 Å². The summed E-state index contributed by atoms with van der Waals surface area (Å²) in [5, 5.41) is 1.47. The van der Waals surface area contributed by atoms with E-state index in [2.05, 4.69) is 0 Å². The maximum atomic E-state index is 6.32. The molecule has 2 fully saturated rings. The Balaban J connectivity index is 1.90. The van der Waals surface area contributed by atoms with Crippen molar-refractivity contribution in [3.05, 3.63) is 33.8 Å². The predicted octanol–water partition coefficient (Wildman–Crippen LogP) is 4.96. The molecule has 1 aromatic rings. The van der Waals surface area contributed by atoms with E-state index in [9.17, 15) is 0 Å². The molecule has 0 N–H and O–H groups in total. The molecule has 19 heavy (non-hydrogen) atoms. The third kappa shape index (κ3) is 2.63. The van der Waals surface area contributed by atoms with Crippen molar-refractivity contribution in [3.8, 4) is 0 Å². The minimum absolute atomic E-state index is 0.00262. The third-order valence-electron chi connectivity index (χ3n) is 4.41. The molecule has 3 rings (SSSR count). The molecule has 1 heterocycles. The lowest BCUT2D eigenvalue weighted by Gasteiger charge is -2.33. The molecule has 0 spiro atoms. The second-order valence-electron chi connectivity index (χ2n) is 5.75. The smallest absolute Gasteiger partial charge is 0.0674 e. The van der Waals surface area contributed by atoms with Crippen LogP contribution in [0.5, 0.6) is 0 Å². The van der Waals surface area contributed by atoms with Crippen LogP contribution < -0.4 is 0 Å². The molecule has 1 nitrogen and oxygen atoms in total. The van der Waals surface area contributed by atoms with Gasteiger partial charge in [-0.1, -0.05) is 29.3 Å². The van der Waals surface area contributed by atoms with Gasteiger partial charge in [-0.05, 0) is 49.3 Å². The van der Waals surface area contributed by atoms with Gasteiger partial charge < -0.3 is 4.74 Å². The largest absolute Gasteiger partial charge is 0.377 e. The van der Waals surface area contributed by atoms with Gasteiger partial charge in [0.25, 0.3) is 0 Å². The van der Waals surface area contributed by atoms with E-state index in [1.807, 2.05) is 18.2 Å². The van der Waals surface area contributed by atoms with E-state index in [4.69, 9.17) is 39.5 Å². The van der Waals surface area contributed by atoms with Crippen molar-refractivity contribution in [1.82, 2.24) is 0 Å². The summed E-state index contributed by atoms with van der Waals surface area (Å²) >= 11 is 18.9. The second-order valence-corrected chi connectivity index (χ2v) is 6.83. The Morgan fingerprint density at radius 2 is 1.89 bits per heavy atom. The van der Waals surface area contributed by atoms with Gasteiger partial charge >= 0.3 is 0 Å². The quantitative estimate of drug-likeness (QED) is 0.713. The summed E-state index contributed by atoms with van der Waals surface area (Å²) in [5.74, 6) is 1.29. The van der Waals surface area contributed by atoms with Gasteiger partial charge in [0.1, 0.15) is 0 Å². The number of hydrogen-bond donors (Lipinski definition) is 0. The van der Waals surface area contributed by atoms with Crippen LogP contribution in [0.1, 0.15) is 24.8 Å². The van der Waals surface area contributed by atoms with Gasteiger partial charge in [0.2, 0.25) is 0 Å². The number of rotatable bonds is 4. The maximum absolute atomic E-state index is 6.32. The Morgan fingerprint density at radius 3 is 2.47 bits per heavy atom. The van der Waals surface area contributed by atoms with Crippen LogP contribution in [0.4, 0.5) is 0 Å². The van der Waals surface area contributed by atoms with Crippen molar-refractivity contribution in [3.63, 3.8) is 0 Å². The molecule has 4 heteroatoms. The molecule has 1 saturated heterocycles. The first-order valence-electron chi connectivity index (χ1n) is 6.77. The highest BCUT2D eigenvalue weighted by Crippen LogP contribution is 2.51. The van der Waals surface area contributed by atoms with Crippen LogP contribution in [0.2, 0.25) is 10.0 Å². The van der Waals surface area contributed by atoms with Crippen molar-refractivity contribution < 1.29 is 4.74 Å². The number of halogens is 3. The Hall–Kier alpha value is 0.0500. The van der Waals surface area contributed by atoms with E-state index in [0.717, 1.165) is 35.1 Å². The highest BCUT2D eigenvalue weighted by Gasteiger charge is 2.50. The van der Waals surface area contributed by atoms with E-state index in [1.165, 1.54) is 12.8 Å². The van der Waals surface area contributed by atoms with Crippen LogP contribution in [0.3, 0.4) is 0 Å². The number of hydrogen-bond acceptors (Lipinski definition) is 1. The summed E-state index contributed by atoms with van der Waals surface area (Å²) in [6.07, 6.45) is 4.62. The summed E-state index contributed by atoms with van der Waals surface area (Å²) in [6, 6.07) is 5.67. The van der Waals surface area contributed by atoms with E-state index in [0.29, 0.717) is 11.8 Å². The molecule has 2 aliphatic rings. The molecule has 1 aliphatic carbocycles. The Bertz CT molecular complexity index is 452. The molecule has 1 aromatic carbocycles. The molecule has 0 amide bonds. The maximum Gasteiger partial charge on any atom is 0.0674 e. The molecular weight excluding hydrogens is 303 g/mol. The van der Waals surface area contributed by atoms with Crippen LogP contribution in [0.25, 0.3) is 0 Å². The predicted molar refractivity (Wildman–Crippen MR) is 80.4 cm³/mol. The molecule has 0 aromatic heterocycles. The van der Waals surface area contributed by atoms with Gasteiger partial charge in [0.15, 0.2) is 0 Å². The zero-order valence-corrected chi connectivity index (χ0v) is 12.9. The van der Waals surface area contributed by atoms with Crippen molar-refractivity contribution in [2.75, 3.05) is 12.5 Å². The van der Waals surface area contributed by atoms with Gasteiger partial charge in [-0.3, -0.25) is 0 Å². The van der Waals surface area contributed by atoms with Gasteiger partial charge in [0, 0.05) is 27.9 Å². The van der Waals surface area contributed by atoms with Gasteiger partial charge in [-0.25, -0.2) is 0 Å². The first-order valence-corrected chi connectivity index (χ1v) is 8.06. The van der Waals surface area contributed by atoms with Crippen molar-refractivity contribution >= 4 is 34.8 Å². The van der Waals surface area contributed by atoms with Crippen molar-refractivity contribution in [1.29, 1.82) is 0 Å². The monoisotopic (exact) mass is 318 g/mol. The normalized spacial score (nSPS) is 30.8. The molecular formula is C15H17Cl3O. The molecule has 0 bridgehead atoms. The fraction of sp³-hybridized carbons (Fsp3) is 0.600. The van der Waals surface area contributed by atoms with Gasteiger partial charge in [0.05, 0.1) is 6.10 Å². The molecule has 1 aliphatic heterocycles. The highest BCUT2D eigenvalue weighted by atomic mass is 35.5. The standard InChI is InChI=1S/C15H17Cl3O/c16-9-15(6-7-19-14(15)10-4-5-10)8-11-12(17)2-1-3-13(11)18/h1-3,10,14H,4-9H2.